The van der Waals surface area contributed by atoms with Gasteiger partial charge in [0.05, 0.1) is 0 Å². The van der Waals surface area contributed by atoms with Crippen molar-refractivity contribution in [2.24, 2.45) is 5.73 Å². The predicted molar refractivity (Wildman–Crippen MR) is 130 cm³/mol. The SMILES string of the molecule is NC(=O)C(F)(F)F.c1ccc2c(CN3CCC(Oc4ccc5cnccc5c4)CC3)cccc2c1. The first-order chi connectivity index (χ1) is 16.8. The van der Waals surface area contributed by atoms with Gasteiger partial charge in [0.1, 0.15) is 11.9 Å². The normalized spacial score (nSPS) is 14.9. The molecule has 0 aliphatic carbocycles. The summed E-state index contributed by atoms with van der Waals surface area (Å²) in [7, 11) is 0. The van der Waals surface area contributed by atoms with E-state index in [1.807, 2.05) is 18.5 Å². The zero-order valence-electron chi connectivity index (χ0n) is 19.0. The molecule has 1 fully saturated rings. The van der Waals surface area contributed by atoms with Crippen LogP contribution in [-0.4, -0.2) is 41.2 Å². The van der Waals surface area contributed by atoms with E-state index in [1.54, 1.807) is 0 Å². The summed E-state index contributed by atoms with van der Waals surface area (Å²) in [5.74, 6) is -1.29. The van der Waals surface area contributed by atoms with E-state index in [0.29, 0.717) is 6.10 Å². The summed E-state index contributed by atoms with van der Waals surface area (Å²) in [5, 5.41) is 5.03. The van der Waals surface area contributed by atoms with Gasteiger partial charge in [-0.2, -0.15) is 13.2 Å². The van der Waals surface area contributed by atoms with Gasteiger partial charge in [0.15, 0.2) is 0 Å². The fourth-order valence-electron chi connectivity index (χ4n) is 4.18. The molecule has 1 aliphatic heterocycles. The average molecular weight is 482 g/mol. The van der Waals surface area contributed by atoms with E-state index in [2.05, 4.69) is 76.3 Å². The number of carbonyl (C=O) groups is 1. The minimum Gasteiger partial charge on any atom is -0.490 e. The Hall–Kier alpha value is -3.65. The average Bonchev–Trinajstić information content (AvgIpc) is 2.85. The maximum absolute atomic E-state index is 10.7. The highest BCUT2D eigenvalue weighted by atomic mass is 19.4. The number of carbonyl (C=O) groups excluding carboxylic acids is 1. The van der Waals surface area contributed by atoms with Crippen LogP contribution in [0.4, 0.5) is 13.2 Å². The molecule has 4 aromatic rings. The third-order valence-corrected chi connectivity index (χ3v) is 6.00. The highest BCUT2D eigenvalue weighted by molar-refractivity contribution is 5.85. The van der Waals surface area contributed by atoms with Gasteiger partial charge in [-0.05, 0) is 58.8 Å². The first-order valence-electron chi connectivity index (χ1n) is 11.4. The highest BCUT2D eigenvalue weighted by Gasteiger charge is 2.35. The summed E-state index contributed by atoms with van der Waals surface area (Å²) in [5.41, 5.74) is 5.22. The molecule has 0 radical (unpaired) electrons. The molecule has 0 spiro atoms. The Morgan fingerprint density at radius 2 is 1.69 bits per heavy atom. The number of ether oxygens (including phenoxy) is 1. The molecule has 2 N–H and O–H groups in total. The second-order valence-corrected chi connectivity index (χ2v) is 8.48. The van der Waals surface area contributed by atoms with Crippen LogP contribution in [0.2, 0.25) is 0 Å². The van der Waals surface area contributed by atoms with Crippen LogP contribution in [0.5, 0.6) is 5.75 Å². The van der Waals surface area contributed by atoms with Crippen molar-refractivity contribution in [1.82, 2.24) is 9.88 Å². The molecule has 182 valence electrons. The highest BCUT2D eigenvalue weighted by Crippen LogP contribution is 2.25. The third kappa shape index (κ3) is 6.48. The summed E-state index contributed by atoms with van der Waals surface area (Å²) >= 11 is 0. The number of pyridine rings is 1. The first kappa shape index (κ1) is 24.5. The quantitative estimate of drug-likeness (QED) is 0.420. The summed E-state index contributed by atoms with van der Waals surface area (Å²) in [6.07, 6.45) is 1.30. The van der Waals surface area contributed by atoms with Gasteiger partial charge in [-0.1, -0.05) is 42.5 Å². The molecule has 2 heterocycles. The molecule has 1 aliphatic rings. The Balaban J connectivity index is 0.000000364. The summed E-state index contributed by atoms with van der Waals surface area (Å²) in [6, 6.07) is 23.6. The summed E-state index contributed by atoms with van der Waals surface area (Å²) in [6.45, 7) is 3.16. The molecule has 0 bridgehead atoms. The van der Waals surface area contributed by atoms with Crippen LogP contribution in [0.25, 0.3) is 21.5 Å². The van der Waals surface area contributed by atoms with E-state index in [-0.39, 0.29) is 0 Å². The van der Waals surface area contributed by atoms with E-state index in [4.69, 9.17) is 9.53 Å². The van der Waals surface area contributed by atoms with Crippen LogP contribution in [0, 0.1) is 0 Å². The molecule has 0 saturated carbocycles. The Labute approximate surface area is 201 Å². The lowest BCUT2D eigenvalue weighted by molar-refractivity contribution is -0.169. The number of hydrogen-bond acceptors (Lipinski definition) is 4. The number of piperidine rings is 1. The molecule has 5 rings (SSSR count). The number of fused-ring (bicyclic) bond motifs is 2. The van der Waals surface area contributed by atoms with Gasteiger partial charge in [0.25, 0.3) is 0 Å². The molecular formula is C27H26F3N3O2. The number of nitrogens with two attached hydrogens (primary N) is 1. The molecule has 5 nitrogen and oxygen atoms in total. The molecule has 8 heteroatoms. The van der Waals surface area contributed by atoms with Crippen molar-refractivity contribution in [3.05, 3.63) is 84.7 Å². The van der Waals surface area contributed by atoms with Crippen molar-refractivity contribution in [2.45, 2.75) is 31.7 Å². The lowest BCUT2D eigenvalue weighted by atomic mass is 10.0. The van der Waals surface area contributed by atoms with Crippen molar-refractivity contribution >= 4 is 27.5 Å². The van der Waals surface area contributed by atoms with Crippen molar-refractivity contribution < 1.29 is 22.7 Å². The number of likely N-dealkylation sites (tertiary alicyclic amines) is 1. The molecule has 0 unspecified atom stereocenters. The number of benzene rings is 3. The minimum absolute atomic E-state index is 0.294. The second kappa shape index (κ2) is 10.7. The molecule has 1 amide bonds. The molecule has 1 saturated heterocycles. The van der Waals surface area contributed by atoms with Gasteiger partial charge >= 0.3 is 12.1 Å². The number of amides is 1. The summed E-state index contributed by atoms with van der Waals surface area (Å²) in [4.78, 5) is 15.8. The van der Waals surface area contributed by atoms with E-state index in [1.165, 1.54) is 21.7 Å². The monoisotopic (exact) mass is 481 g/mol. The molecule has 3 aromatic carbocycles. The van der Waals surface area contributed by atoms with Gasteiger partial charge in [-0.15, -0.1) is 0 Å². The van der Waals surface area contributed by atoms with Crippen molar-refractivity contribution in [3.63, 3.8) is 0 Å². The molecular weight excluding hydrogens is 455 g/mol. The number of rotatable bonds is 4. The zero-order valence-corrected chi connectivity index (χ0v) is 19.0. The van der Waals surface area contributed by atoms with Crippen molar-refractivity contribution in [3.8, 4) is 5.75 Å². The maximum atomic E-state index is 10.7. The zero-order chi connectivity index (χ0) is 24.8. The Morgan fingerprint density at radius 1 is 0.971 bits per heavy atom. The van der Waals surface area contributed by atoms with Crippen molar-refractivity contribution in [1.29, 1.82) is 0 Å². The fourth-order valence-corrected chi connectivity index (χ4v) is 4.18. The van der Waals surface area contributed by atoms with Crippen LogP contribution in [-0.2, 0) is 11.3 Å². The lowest BCUT2D eigenvalue weighted by Crippen LogP contribution is -2.37. The number of primary amides is 1. The molecule has 0 atom stereocenters. The lowest BCUT2D eigenvalue weighted by Gasteiger charge is -2.32. The smallest absolute Gasteiger partial charge is 0.470 e. The standard InChI is InChI=1S/C25H24N2O.C2H2F3NO/c1-2-7-25-19(4-1)5-3-6-22(25)18-27-14-11-23(12-15-27)28-24-9-8-21-17-26-13-10-20(21)16-24;3-2(4,5)1(6)7/h1-10,13,16-17,23H,11-12,14-15,18H2;(H2,6,7). The topological polar surface area (TPSA) is 68.5 Å². The van der Waals surface area contributed by atoms with Gasteiger partial charge in [-0.3, -0.25) is 14.7 Å². The largest absolute Gasteiger partial charge is 0.490 e. The second-order valence-electron chi connectivity index (χ2n) is 8.48. The van der Waals surface area contributed by atoms with Crippen LogP contribution >= 0.6 is 0 Å². The van der Waals surface area contributed by atoms with E-state index >= 15 is 0 Å². The fraction of sp³-hybridized carbons (Fsp3) is 0.259. The van der Waals surface area contributed by atoms with E-state index < -0.39 is 12.1 Å². The Bertz CT molecular complexity index is 1300. The number of nitrogens with zero attached hydrogens (tertiary/aromatic N) is 2. The predicted octanol–water partition coefficient (Wildman–Crippen LogP) is 5.47. The van der Waals surface area contributed by atoms with E-state index in [9.17, 15) is 13.2 Å². The first-order valence-corrected chi connectivity index (χ1v) is 11.4. The maximum Gasteiger partial charge on any atom is 0.470 e. The number of alkyl halides is 3. The van der Waals surface area contributed by atoms with Crippen molar-refractivity contribution in [2.75, 3.05) is 13.1 Å². The Morgan fingerprint density at radius 3 is 2.43 bits per heavy atom. The minimum atomic E-state index is -4.86. The number of hydrogen-bond donors (Lipinski definition) is 1. The van der Waals surface area contributed by atoms with E-state index in [0.717, 1.165) is 43.6 Å². The third-order valence-electron chi connectivity index (χ3n) is 6.00. The molecule has 1 aromatic heterocycles. The van der Waals surface area contributed by atoms with Crippen LogP contribution in [0.1, 0.15) is 18.4 Å². The van der Waals surface area contributed by atoms with Gasteiger partial charge in [0.2, 0.25) is 0 Å². The van der Waals surface area contributed by atoms with Gasteiger partial charge < -0.3 is 10.5 Å². The van der Waals surface area contributed by atoms with Gasteiger partial charge in [-0.25, -0.2) is 0 Å². The van der Waals surface area contributed by atoms with Crippen LogP contribution in [0.15, 0.2) is 79.1 Å². The van der Waals surface area contributed by atoms with Gasteiger partial charge in [0, 0.05) is 37.4 Å². The number of halogens is 3. The van der Waals surface area contributed by atoms with Crippen LogP contribution < -0.4 is 10.5 Å². The van der Waals surface area contributed by atoms with Crippen LogP contribution in [0.3, 0.4) is 0 Å². The Kier molecular flexibility index (Phi) is 7.51. The summed E-state index contributed by atoms with van der Waals surface area (Å²) < 4.78 is 38.4. The number of aromatic nitrogens is 1. The molecule has 35 heavy (non-hydrogen) atoms.